The zero-order chi connectivity index (χ0) is 12.1. The molecule has 1 aliphatic heterocycles. The van der Waals surface area contributed by atoms with E-state index >= 15 is 0 Å². The molecule has 0 aliphatic carbocycles. The third kappa shape index (κ3) is 2.61. The molecule has 0 saturated carbocycles. The molecule has 1 aliphatic rings. The molecule has 5 nitrogen and oxygen atoms in total. The van der Waals surface area contributed by atoms with Crippen molar-refractivity contribution >= 4 is 11.9 Å². The lowest BCUT2D eigenvalue weighted by Gasteiger charge is -2.34. The highest BCUT2D eigenvalue weighted by Gasteiger charge is 2.37. The first kappa shape index (κ1) is 12.0. The normalized spacial score (nSPS) is 18.6. The van der Waals surface area contributed by atoms with Crippen molar-refractivity contribution in [3.63, 3.8) is 0 Å². The Hall–Kier alpha value is -1.49. The van der Waals surface area contributed by atoms with Crippen molar-refractivity contribution in [2.75, 3.05) is 18.4 Å². The standard InChI is InChI=1S/C12H18N4O/c1-2-12(4-8-13-9-5-12)10(17)16-11-14-6-3-7-15-11/h3,6-7,13H,2,4-5,8-9H2,1H3,(H,14,15,16,17). The smallest absolute Gasteiger partial charge is 0.233 e. The average Bonchev–Trinajstić information content (AvgIpc) is 2.40. The first-order valence-corrected chi connectivity index (χ1v) is 6.06. The molecular formula is C12H18N4O. The van der Waals surface area contributed by atoms with Crippen molar-refractivity contribution in [2.45, 2.75) is 26.2 Å². The fraction of sp³-hybridized carbons (Fsp3) is 0.583. The van der Waals surface area contributed by atoms with E-state index in [1.54, 1.807) is 18.5 Å². The molecule has 1 fully saturated rings. The minimum absolute atomic E-state index is 0.0488. The molecule has 2 rings (SSSR count). The average molecular weight is 234 g/mol. The predicted molar refractivity (Wildman–Crippen MR) is 65.5 cm³/mol. The lowest BCUT2D eigenvalue weighted by atomic mass is 9.76. The second kappa shape index (κ2) is 5.23. The van der Waals surface area contributed by atoms with Crippen molar-refractivity contribution in [2.24, 2.45) is 5.41 Å². The van der Waals surface area contributed by atoms with Gasteiger partial charge in [0.05, 0.1) is 5.41 Å². The zero-order valence-electron chi connectivity index (χ0n) is 10.1. The molecule has 1 aromatic rings. The molecule has 0 bridgehead atoms. The second-order valence-corrected chi connectivity index (χ2v) is 4.41. The molecule has 92 valence electrons. The van der Waals surface area contributed by atoms with Crippen molar-refractivity contribution in [1.29, 1.82) is 0 Å². The number of carbonyl (C=O) groups excluding carboxylic acids is 1. The van der Waals surface area contributed by atoms with Crippen LogP contribution in [0, 0.1) is 5.41 Å². The van der Waals surface area contributed by atoms with E-state index in [1.165, 1.54) is 0 Å². The lowest BCUT2D eigenvalue weighted by Crippen LogP contribution is -2.44. The highest BCUT2D eigenvalue weighted by atomic mass is 16.2. The number of carbonyl (C=O) groups is 1. The van der Waals surface area contributed by atoms with Gasteiger partial charge in [0.1, 0.15) is 0 Å². The molecule has 0 radical (unpaired) electrons. The predicted octanol–water partition coefficient (Wildman–Crippen LogP) is 1.19. The van der Waals surface area contributed by atoms with Crippen LogP contribution in [0.2, 0.25) is 0 Å². The van der Waals surface area contributed by atoms with E-state index in [1.807, 2.05) is 0 Å². The summed E-state index contributed by atoms with van der Waals surface area (Å²) in [6.45, 7) is 3.87. The number of amides is 1. The summed E-state index contributed by atoms with van der Waals surface area (Å²) in [6, 6.07) is 1.73. The summed E-state index contributed by atoms with van der Waals surface area (Å²) in [6.07, 6.45) is 5.87. The van der Waals surface area contributed by atoms with Gasteiger partial charge in [0.15, 0.2) is 0 Å². The Balaban J connectivity index is 2.07. The summed E-state index contributed by atoms with van der Waals surface area (Å²) >= 11 is 0. The minimum atomic E-state index is -0.259. The molecule has 0 unspecified atom stereocenters. The van der Waals surface area contributed by atoms with Crippen LogP contribution in [0.15, 0.2) is 18.5 Å². The zero-order valence-corrected chi connectivity index (χ0v) is 10.1. The van der Waals surface area contributed by atoms with Gasteiger partial charge in [-0.2, -0.15) is 0 Å². The molecule has 17 heavy (non-hydrogen) atoms. The third-order valence-electron chi connectivity index (χ3n) is 3.51. The van der Waals surface area contributed by atoms with Crippen LogP contribution in [0.3, 0.4) is 0 Å². The van der Waals surface area contributed by atoms with Crippen LogP contribution in [0.1, 0.15) is 26.2 Å². The molecule has 0 atom stereocenters. The van der Waals surface area contributed by atoms with Gasteiger partial charge in [0.25, 0.3) is 0 Å². The van der Waals surface area contributed by atoms with Gasteiger partial charge in [-0.3, -0.25) is 10.1 Å². The maximum atomic E-state index is 12.3. The van der Waals surface area contributed by atoms with Crippen molar-refractivity contribution in [1.82, 2.24) is 15.3 Å². The lowest BCUT2D eigenvalue weighted by molar-refractivity contribution is -0.127. The van der Waals surface area contributed by atoms with E-state index in [4.69, 9.17) is 0 Å². The van der Waals surface area contributed by atoms with Gasteiger partial charge in [-0.1, -0.05) is 6.92 Å². The van der Waals surface area contributed by atoms with E-state index in [0.29, 0.717) is 5.95 Å². The van der Waals surface area contributed by atoms with Crippen molar-refractivity contribution in [3.8, 4) is 0 Å². The first-order valence-electron chi connectivity index (χ1n) is 6.06. The molecule has 0 aromatic carbocycles. The fourth-order valence-corrected chi connectivity index (χ4v) is 2.24. The summed E-state index contributed by atoms with van der Waals surface area (Å²) in [5.41, 5.74) is -0.259. The Labute approximate surface area is 101 Å². The Morgan fingerprint density at radius 2 is 2.06 bits per heavy atom. The van der Waals surface area contributed by atoms with Gasteiger partial charge >= 0.3 is 0 Å². The highest BCUT2D eigenvalue weighted by molar-refractivity contribution is 5.93. The number of hydrogen-bond acceptors (Lipinski definition) is 4. The highest BCUT2D eigenvalue weighted by Crippen LogP contribution is 2.33. The third-order valence-corrected chi connectivity index (χ3v) is 3.51. The van der Waals surface area contributed by atoms with Gasteiger partial charge in [0, 0.05) is 12.4 Å². The van der Waals surface area contributed by atoms with Gasteiger partial charge < -0.3 is 5.32 Å². The number of aromatic nitrogens is 2. The quantitative estimate of drug-likeness (QED) is 0.824. The molecule has 2 heterocycles. The van der Waals surface area contributed by atoms with Crippen LogP contribution in [0.25, 0.3) is 0 Å². The van der Waals surface area contributed by atoms with E-state index in [-0.39, 0.29) is 11.3 Å². The largest absolute Gasteiger partial charge is 0.317 e. The molecule has 1 saturated heterocycles. The van der Waals surface area contributed by atoms with Crippen LogP contribution in [0.4, 0.5) is 5.95 Å². The monoisotopic (exact) mass is 234 g/mol. The van der Waals surface area contributed by atoms with Crippen LogP contribution in [0.5, 0.6) is 0 Å². The number of piperidine rings is 1. The van der Waals surface area contributed by atoms with Crippen molar-refractivity contribution in [3.05, 3.63) is 18.5 Å². The molecule has 0 spiro atoms. The summed E-state index contributed by atoms with van der Waals surface area (Å²) in [5, 5.41) is 6.10. The van der Waals surface area contributed by atoms with Crippen LogP contribution in [-0.2, 0) is 4.79 Å². The number of hydrogen-bond donors (Lipinski definition) is 2. The molecule has 5 heteroatoms. The molecule has 1 aromatic heterocycles. The Kier molecular flexibility index (Phi) is 3.68. The molecule has 1 amide bonds. The van der Waals surface area contributed by atoms with Crippen LogP contribution >= 0.6 is 0 Å². The van der Waals surface area contributed by atoms with Gasteiger partial charge in [0.2, 0.25) is 11.9 Å². The second-order valence-electron chi connectivity index (χ2n) is 4.41. The Morgan fingerprint density at radius 1 is 1.41 bits per heavy atom. The van der Waals surface area contributed by atoms with Gasteiger partial charge in [-0.05, 0) is 38.4 Å². The molecule has 2 N–H and O–H groups in total. The van der Waals surface area contributed by atoms with Gasteiger partial charge in [-0.15, -0.1) is 0 Å². The minimum Gasteiger partial charge on any atom is -0.317 e. The van der Waals surface area contributed by atoms with E-state index in [2.05, 4.69) is 27.5 Å². The number of rotatable bonds is 3. The summed E-state index contributed by atoms with van der Waals surface area (Å²) in [5.74, 6) is 0.441. The van der Waals surface area contributed by atoms with E-state index in [0.717, 1.165) is 32.4 Å². The summed E-state index contributed by atoms with van der Waals surface area (Å²) in [4.78, 5) is 20.3. The first-order chi connectivity index (χ1) is 8.27. The SMILES string of the molecule is CCC1(C(=O)Nc2ncccn2)CCNCC1. The van der Waals surface area contributed by atoms with Gasteiger partial charge in [-0.25, -0.2) is 9.97 Å². The maximum Gasteiger partial charge on any atom is 0.233 e. The van der Waals surface area contributed by atoms with Crippen LogP contribution < -0.4 is 10.6 Å². The number of nitrogens with one attached hydrogen (secondary N) is 2. The summed E-state index contributed by atoms with van der Waals surface area (Å²) < 4.78 is 0. The Bertz CT molecular complexity index is 373. The van der Waals surface area contributed by atoms with Crippen LogP contribution in [-0.4, -0.2) is 29.0 Å². The fourth-order valence-electron chi connectivity index (χ4n) is 2.24. The van der Waals surface area contributed by atoms with E-state index < -0.39 is 0 Å². The number of nitrogens with zero attached hydrogens (tertiary/aromatic N) is 2. The van der Waals surface area contributed by atoms with E-state index in [9.17, 15) is 4.79 Å². The maximum absolute atomic E-state index is 12.3. The van der Waals surface area contributed by atoms with Crippen molar-refractivity contribution < 1.29 is 4.79 Å². The molecular weight excluding hydrogens is 216 g/mol. The Morgan fingerprint density at radius 3 is 2.65 bits per heavy atom. The summed E-state index contributed by atoms with van der Waals surface area (Å²) in [7, 11) is 0. The number of anilines is 1. The topological polar surface area (TPSA) is 66.9 Å².